The summed E-state index contributed by atoms with van der Waals surface area (Å²) in [5.41, 5.74) is 3.05. The molecule has 132 valence electrons. The van der Waals surface area contributed by atoms with Crippen LogP contribution >= 0.6 is 0 Å². The molecule has 4 rings (SSSR count). The first kappa shape index (κ1) is 16.4. The number of anilines is 2. The van der Waals surface area contributed by atoms with Crippen LogP contribution in [0.25, 0.3) is 11.3 Å². The van der Waals surface area contributed by atoms with Gasteiger partial charge in [-0.2, -0.15) is 0 Å². The number of aryl methyl sites for hydroxylation is 1. The summed E-state index contributed by atoms with van der Waals surface area (Å²) < 4.78 is 0. The predicted octanol–water partition coefficient (Wildman–Crippen LogP) is 2.22. The Kier molecular flexibility index (Phi) is 4.68. The summed E-state index contributed by atoms with van der Waals surface area (Å²) in [6, 6.07) is 7.92. The highest BCUT2D eigenvalue weighted by Crippen LogP contribution is 2.19. The van der Waals surface area contributed by atoms with Crippen LogP contribution in [0.1, 0.15) is 12.5 Å². The van der Waals surface area contributed by atoms with Crippen LogP contribution in [0.2, 0.25) is 0 Å². The smallest absolute Gasteiger partial charge is 0.225 e. The molecule has 0 saturated carbocycles. The number of nitrogens with zero attached hydrogens (tertiary/aromatic N) is 7. The standard InChI is InChI=1S/C19H21N7/c1-2-15-13-21-19(22-14-15)26-11-9-25(10-12-26)18-4-3-17(23-24-18)16-5-7-20-8-6-16/h3-8,13-14H,2,9-12H2,1H3. The highest BCUT2D eigenvalue weighted by Gasteiger charge is 2.20. The van der Waals surface area contributed by atoms with Gasteiger partial charge in [0, 0.05) is 56.5 Å². The maximum atomic E-state index is 4.48. The van der Waals surface area contributed by atoms with Crippen molar-refractivity contribution in [2.24, 2.45) is 0 Å². The van der Waals surface area contributed by atoms with Gasteiger partial charge in [0.25, 0.3) is 0 Å². The van der Waals surface area contributed by atoms with Gasteiger partial charge in [0.15, 0.2) is 5.82 Å². The van der Waals surface area contributed by atoms with Gasteiger partial charge >= 0.3 is 0 Å². The molecule has 1 fully saturated rings. The molecule has 1 aliphatic rings. The first-order valence-corrected chi connectivity index (χ1v) is 8.88. The lowest BCUT2D eigenvalue weighted by Crippen LogP contribution is -2.47. The highest BCUT2D eigenvalue weighted by atomic mass is 15.3. The summed E-state index contributed by atoms with van der Waals surface area (Å²) in [4.78, 5) is 17.5. The molecule has 0 spiro atoms. The van der Waals surface area contributed by atoms with Crippen molar-refractivity contribution in [1.29, 1.82) is 0 Å². The van der Waals surface area contributed by atoms with Gasteiger partial charge in [0.2, 0.25) is 5.95 Å². The van der Waals surface area contributed by atoms with Gasteiger partial charge in [-0.05, 0) is 36.2 Å². The quantitative estimate of drug-likeness (QED) is 0.716. The van der Waals surface area contributed by atoms with E-state index in [9.17, 15) is 0 Å². The molecule has 0 radical (unpaired) electrons. The van der Waals surface area contributed by atoms with E-state index in [4.69, 9.17) is 0 Å². The Bertz CT molecular complexity index is 826. The van der Waals surface area contributed by atoms with Crippen molar-refractivity contribution in [1.82, 2.24) is 25.1 Å². The minimum atomic E-state index is 0.806. The summed E-state index contributed by atoms with van der Waals surface area (Å²) in [6.45, 7) is 5.61. The van der Waals surface area contributed by atoms with E-state index in [0.29, 0.717) is 0 Å². The van der Waals surface area contributed by atoms with E-state index in [-0.39, 0.29) is 0 Å². The second-order valence-corrected chi connectivity index (χ2v) is 6.23. The van der Waals surface area contributed by atoms with Crippen LogP contribution in [0.3, 0.4) is 0 Å². The number of aromatic nitrogens is 5. The monoisotopic (exact) mass is 347 g/mol. The predicted molar refractivity (Wildman–Crippen MR) is 101 cm³/mol. The second-order valence-electron chi connectivity index (χ2n) is 6.23. The van der Waals surface area contributed by atoms with Gasteiger partial charge < -0.3 is 9.80 Å². The fourth-order valence-corrected chi connectivity index (χ4v) is 3.00. The summed E-state index contributed by atoms with van der Waals surface area (Å²) >= 11 is 0. The van der Waals surface area contributed by atoms with Crippen LogP contribution in [0.5, 0.6) is 0 Å². The molecule has 26 heavy (non-hydrogen) atoms. The summed E-state index contributed by atoms with van der Waals surface area (Å²) in [7, 11) is 0. The zero-order valence-corrected chi connectivity index (χ0v) is 14.8. The third-order valence-corrected chi connectivity index (χ3v) is 4.61. The Balaban J connectivity index is 1.40. The average molecular weight is 347 g/mol. The van der Waals surface area contributed by atoms with Crippen LogP contribution in [0, 0.1) is 0 Å². The highest BCUT2D eigenvalue weighted by molar-refractivity contribution is 5.59. The Morgan fingerprint density at radius 2 is 1.54 bits per heavy atom. The topological polar surface area (TPSA) is 70.9 Å². The normalized spacial score (nSPS) is 14.5. The molecule has 3 aromatic rings. The first-order chi connectivity index (χ1) is 12.8. The Morgan fingerprint density at radius 1 is 0.846 bits per heavy atom. The van der Waals surface area contributed by atoms with Crippen molar-refractivity contribution in [2.75, 3.05) is 36.0 Å². The van der Waals surface area contributed by atoms with Crippen molar-refractivity contribution >= 4 is 11.8 Å². The molecule has 0 unspecified atom stereocenters. The fourth-order valence-electron chi connectivity index (χ4n) is 3.00. The summed E-state index contributed by atoms with van der Waals surface area (Å²) in [6.07, 6.45) is 8.32. The second kappa shape index (κ2) is 7.43. The van der Waals surface area contributed by atoms with Gasteiger partial charge in [-0.25, -0.2) is 9.97 Å². The lowest BCUT2D eigenvalue weighted by atomic mass is 10.2. The SMILES string of the molecule is CCc1cnc(N2CCN(c3ccc(-c4ccncc4)nn3)CC2)nc1. The van der Waals surface area contributed by atoms with E-state index in [2.05, 4.69) is 41.9 Å². The third kappa shape index (κ3) is 3.46. The molecule has 7 nitrogen and oxygen atoms in total. The molecule has 1 saturated heterocycles. The molecule has 0 N–H and O–H groups in total. The van der Waals surface area contributed by atoms with Crippen molar-refractivity contribution < 1.29 is 0 Å². The van der Waals surface area contributed by atoms with Gasteiger partial charge in [-0.3, -0.25) is 4.98 Å². The van der Waals surface area contributed by atoms with E-state index in [1.165, 1.54) is 0 Å². The van der Waals surface area contributed by atoms with Crippen molar-refractivity contribution in [2.45, 2.75) is 13.3 Å². The van der Waals surface area contributed by atoms with E-state index < -0.39 is 0 Å². The number of hydrogen-bond acceptors (Lipinski definition) is 7. The van der Waals surface area contributed by atoms with Gasteiger partial charge in [0.1, 0.15) is 0 Å². The minimum absolute atomic E-state index is 0.806. The summed E-state index contributed by atoms with van der Waals surface area (Å²) in [5, 5.41) is 8.77. The molecular formula is C19H21N7. The molecule has 0 bridgehead atoms. The Labute approximate surface area is 152 Å². The van der Waals surface area contributed by atoms with E-state index >= 15 is 0 Å². The van der Waals surface area contributed by atoms with Crippen molar-refractivity contribution in [3.05, 3.63) is 54.6 Å². The maximum Gasteiger partial charge on any atom is 0.225 e. The van der Waals surface area contributed by atoms with E-state index in [1.54, 1.807) is 12.4 Å². The third-order valence-electron chi connectivity index (χ3n) is 4.61. The van der Waals surface area contributed by atoms with Crippen LogP contribution in [0.15, 0.2) is 49.1 Å². The van der Waals surface area contributed by atoms with Crippen molar-refractivity contribution in [3.63, 3.8) is 0 Å². The van der Waals surface area contributed by atoms with Crippen LogP contribution in [-0.4, -0.2) is 51.3 Å². The number of piperazine rings is 1. The number of pyridine rings is 1. The molecule has 4 heterocycles. The van der Waals surface area contributed by atoms with E-state index in [1.807, 2.05) is 36.7 Å². The van der Waals surface area contributed by atoms with Gasteiger partial charge in [-0.15, -0.1) is 10.2 Å². The lowest BCUT2D eigenvalue weighted by Gasteiger charge is -2.35. The van der Waals surface area contributed by atoms with Gasteiger partial charge in [0.05, 0.1) is 5.69 Å². The first-order valence-electron chi connectivity index (χ1n) is 8.88. The molecule has 0 aliphatic carbocycles. The zero-order valence-electron chi connectivity index (χ0n) is 14.8. The van der Waals surface area contributed by atoms with Crippen LogP contribution < -0.4 is 9.80 Å². The zero-order chi connectivity index (χ0) is 17.8. The number of hydrogen-bond donors (Lipinski definition) is 0. The molecule has 0 atom stereocenters. The average Bonchev–Trinajstić information content (AvgIpc) is 2.75. The summed E-state index contributed by atoms with van der Waals surface area (Å²) in [5.74, 6) is 1.71. The molecule has 3 aromatic heterocycles. The van der Waals surface area contributed by atoms with Gasteiger partial charge in [-0.1, -0.05) is 6.92 Å². The number of rotatable bonds is 4. The lowest BCUT2D eigenvalue weighted by molar-refractivity contribution is 0.631. The van der Waals surface area contributed by atoms with Crippen LogP contribution in [0.4, 0.5) is 11.8 Å². The maximum absolute atomic E-state index is 4.48. The molecular weight excluding hydrogens is 326 g/mol. The van der Waals surface area contributed by atoms with E-state index in [0.717, 1.165) is 61.2 Å². The molecule has 0 aromatic carbocycles. The van der Waals surface area contributed by atoms with Crippen molar-refractivity contribution in [3.8, 4) is 11.3 Å². The molecule has 1 aliphatic heterocycles. The molecule has 0 amide bonds. The Morgan fingerprint density at radius 3 is 2.15 bits per heavy atom. The molecule has 7 heteroatoms. The largest absolute Gasteiger partial charge is 0.352 e. The minimum Gasteiger partial charge on any atom is -0.352 e. The Hall–Kier alpha value is -3.09. The fraction of sp³-hybridized carbons (Fsp3) is 0.316. The van der Waals surface area contributed by atoms with Crippen LogP contribution in [-0.2, 0) is 6.42 Å².